The van der Waals surface area contributed by atoms with Crippen molar-refractivity contribution >= 4 is 39.1 Å². The monoisotopic (exact) mass is 413 g/mol. The van der Waals surface area contributed by atoms with Crippen LogP contribution in [0.3, 0.4) is 0 Å². The van der Waals surface area contributed by atoms with E-state index in [-0.39, 0.29) is 19.0 Å². The van der Waals surface area contributed by atoms with E-state index in [0.29, 0.717) is 22.7 Å². The Hall–Kier alpha value is -2.24. The van der Waals surface area contributed by atoms with Gasteiger partial charge in [0.15, 0.2) is 6.61 Å². The average molecular weight is 413 g/mol. The summed E-state index contributed by atoms with van der Waals surface area (Å²) in [5.41, 5.74) is 0.617. The van der Waals surface area contributed by atoms with Gasteiger partial charge in [0.05, 0.1) is 11.6 Å². The van der Waals surface area contributed by atoms with Gasteiger partial charge in [-0.25, -0.2) is 8.42 Å². The van der Waals surface area contributed by atoms with E-state index in [1.54, 1.807) is 30.5 Å². The molecule has 2 aromatic heterocycles. The van der Waals surface area contributed by atoms with Crippen molar-refractivity contribution < 1.29 is 27.3 Å². The fourth-order valence-corrected chi connectivity index (χ4v) is 5.33. The van der Waals surface area contributed by atoms with E-state index in [9.17, 15) is 18.0 Å². The molecule has 1 aliphatic heterocycles. The van der Waals surface area contributed by atoms with Gasteiger partial charge >= 0.3 is 5.97 Å². The molecule has 1 fully saturated rings. The predicted octanol–water partition coefficient (Wildman–Crippen LogP) is 1.63. The smallest absolute Gasteiger partial charge is 0.309 e. The van der Waals surface area contributed by atoms with Crippen molar-refractivity contribution in [1.29, 1.82) is 0 Å². The molecule has 1 amide bonds. The summed E-state index contributed by atoms with van der Waals surface area (Å²) in [6.07, 6.45) is 0.707. The van der Waals surface area contributed by atoms with Crippen molar-refractivity contribution in [3.05, 3.63) is 29.3 Å². The van der Waals surface area contributed by atoms with E-state index in [1.165, 1.54) is 15.6 Å². The van der Waals surface area contributed by atoms with Gasteiger partial charge in [-0.05, 0) is 31.2 Å². The molecule has 9 nitrogen and oxygen atoms in total. The van der Waals surface area contributed by atoms with Crippen LogP contribution in [-0.2, 0) is 24.3 Å². The second kappa shape index (κ2) is 8.19. The highest BCUT2D eigenvalue weighted by Gasteiger charge is 2.33. The fourth-order valence-electron chi connectivity index (χ4n) is 2.72. The molecule has 0 aromatic carbocycles. The molecule has 1 saturated heterocycles. The summed E-state index contributed by atoms with van der Waals surface area (Å²) < 4.78 is 36.5. The Morgan fingerprint density at radius 2 is 2.15 bits per heavy atom. The van der Waals surface area contributed by atoms with Gasteiger partial charge in [0.1, 0.15) is 4.21 Å². The number of ether oxygens (including phenoxy) is 1. The summed E-state index contributed by atoms with van der Waals surface area (Å²) in [5, 5.41) is 7.78. The fraction of sp³-hybridized carbons (Fsp3) is 0.438. The quantitative estimate of drug-likeness (QED) is 0.715. The van der Waals surface area contributed by atoms with E-state index in [1.807, 2.05) is 0 Å². The third-order valence-corrected chi connectivity index (χ3v) is 7.38. The van der Waals surface area contributed by atoms with E-state index < -0.39 is 34.4 Å². The number of piperidine rings is 1. The maximum atomic E-state index is 12.5. The van der Waals surface area contributed by atoms with Crippen LogP contribution in [0.4, 0.5) is 5.88 Å². The summed E-state index contributed by atoms with van der Waals surface area (Å²) in [4.78, 5) is 23.9. The largest absolute Gasteiger partial charge is 0.455 e. The normalized spacial score (nSPS) is 16.2. The third-order valence-electron chi connectivity index (χ3n) is 4.11. The standard InChI is InChI=1S/C16H19N3O6S2/c1-11-9-14(25-18-11)17-13(20)10-24-16(21)12-4-6-19(7-5-12)27(22,23)15-3-2-8-26-15/h2-3,8-9,12H,4-7,10H2,1H3,(H,17,20). The number of nitrogens with one attached hydrogen (secondary N) is 1. The van der Waals surface area contributed by atoms with Crippen molar-refractivity contribution in [3.63, 3.8) is 0 Å². The zero-order valence-corrected chi connectivity index (χ0v) is 16.2. The number of amides is 1. The molecule has 0 saturated carbocycles. The van der Waals surface area contributed by atoms with Gasteiger partial charge in [-0.2, -0.15) is 4.31 Å². The van der Waals surface area contributed by atoms with Gasteiger partial charge in [-0.1, -0.05) is 11.2 Å². The zero-order chi connectivity index (χ0) is 19.4. The number of carbonyl (C=O) groups excluding carboxylic acids is 2. The topological polar surface area (TPSA) is 119 Å². The van der Waals surface area contributed by atoms with E-state index in [2.05, 4.69) is 10.5 Å². The molecule has 0 radical (unpaired) electrons. The Kier molecular flexibility index (Phi) is 5.92. The summed E-state index contributed by atoms with van der Waals surface area (Å²) in [6, 6.07) is 4.80. The molecular weight excluding hydrogens is 394 g/mol. The summed E-state index contributed by atoms with van der Waals surface area (Å²) >= 11 is 1.17. The van der Waals surface area contributed by atoms with E-state index in [4.69, 9.17) is 9.26 Å². The molecule has 0 spiro atoms. The summed E-state index contributed by atoms with van der Waals surface area (Å²) in [7, 11) is -3.51. The summed E-state index contributed by atoms with van der Waals surface area (Å²) in [5.74, 6) is -1.29. The molecule has 0 bridgehead atoms. The van der Waals surface area contributed by atoms with Crippen molar-refractivity contribution in [2.24, 2.45) is 5.92 Å². The second-order valence-electron chi connectivity index (χ2n) is 6.10. The van der Waals surface area contributed by atoms with Crippen LogP contribution in [0, 0.1) is 12.8 Å². The van der Waals surface area contributed by atoms with Crippen molar-refractivity contribution in [2.75, 3.05) is 25.0 Å². The first-order chi connectivity index (χ1) is 12.9. The van der Waals surface area contributed by atoms with Crippen LogP contribution >= 0.6 is 11.3 Å². The number of nitrogens with zero attached hydrogens (tertiary/aromatic N) is 2. The SMILES string of the molecule is Cc1cc(NC(=O)COC(=O)C2CCN(S(=O)(=O)c3cccs3)CC2)on1. The van der Waals surface area contributed by atoms with Crippen molar-refractivity contribution in [2.45, 2.75) is 24.0 Å². The number of hydrogen-bond donors (Lipinski definition) is 1. The zero-order valence-electron chi connectivity index (χ0n) is 14.6. The number of esters is 1. The number of hydrogen-bond acceptors (Lipinski definition) is 8. The molecule has 1 aliphatic rings. The first-order valence-corrected chi connectivity index (χ1v) is 10.6. The lowest BCUT2D eigenvalue weighted by Crippen LogP contribution is -2.40. The van der Waals surface area contributed by atoms with Crippen LogP contribution < -0.4 is 5.32 Å². The van der Waals surface area contributed by atoms with Gasteiger partial charge in [-0.15, -0.1) is 11.3 Å². The molecule has 1 N–H and O–H groups in total. The molecule has 3 heterocycles. The van der Waals surface area contributed by atoms with Gasteiger partial charge in [-0.3, -0.25) is 14.9 Å². The maximum absolute atomic E-state index is 12.5. The Morgan fingerprint density at radius 3 is 2.74 bits per heavy atom. The number of aryl methyl sites for hydroxylation is 1. The second-order valence-corrected chi connectivity index (χ2v) is 9.21. The van der Waals surface area contributed by atoms with Gasteiger partial charge < -0.3 is 9.26 Å². The first-order valence-electron chi connectivity index (χ1n) is 8.30. The lowest BCUT2D eigenvalue weighted by Gasteiger charge is -2.29. The minimum absolute atomic E-state index is 0.181. The number of rotatable bonds is 6. The molecule has 0 unspecified atom stereocenters. The number of aromatic nitrogens is 1. The molecule has 0 aliphatic carbocycles. The van der Waals surface area contributed by atoms with Crippen LogP contribution in [0.5, 0.6) is 0 Å². The molecule has 3 rings (SSSR count). The van der Waals surface area contributed by atoms with Crippen LogP contribution in [-0.4, -0.2) is 49.5 Å². The molecule has 146 valence electrons. The highest BCUT2D eigenvalue weighted by molar-refractivity contribution is 7.91. The lowest BCUT2D eigenvalue weighted by molar-refractivity contribution is -0.152. The van der Waals surface area contributed by atoms with Crippen LogP contribution in [0.2, 0.25) is 0 Å². The predicted molar refractivity (Wildman–Crippen MR) is 96.6 cm³/mol. The molecule has 0 atom stereocenters. The van der Waals surface area contributed by atoms with Gasteiger partial charge in [0.25, 0.3) is 15.9 Å². The first kappa shape index (κ1) is 19.5. The highest BCUT2D eigenvalue weighted by Crippen LogP contribution is 2.26. The Balaban J connectivity index is 1.45. The lowest BCUT2D eigenvalue weighted by atomic mass is 9.98. The van der Waals surface area contributed by atoms with Crippen LogP contribution in [0.1, 0.15) is 18.5 Å². The molecule has 11 heteroatoms. The molecular formula is C16H19N3O6S2. The third kappa shape index (κ3) is 4.73. The van der Waals surface area contributed by atoms with Gasteiger partial charge in [0, 0.05) is 19.2 Å². The number of anilines is 1. The molecule has 2 aromatic rings. The molecule has 27 heavy (non-hydrogen) atoms. The van der Waals surface area contributed by atoms with Crippen LogP contribution in [0.15, 0.2) is 32.3 Å². The van der Waals surface area contributed by atoms with Crippen molar-refractivity contribution in [1.82, 2.24) is 9.46 Å². The van der Waals surface area contributed by atoms with Gasteiger partial charge in [0.2, 0.25) is 5.88 Å². The Bertz CT molecular complexity index is 898. The summed E-state index contributed by atoms with van der Waals surface area (Å²) in [6.45, 7) is 1.75. The highest BCUT2D eigenvalue weighted by atomic mass is 32.2. The Labute approximate surface area is 160 Å². The van der Waals surface area contributed by atoms with Crippen LogP contribution in [0.25, 0.3) is 0 Å². The maximum Gasteiger partial charge on any atom is 0.309 e. The average Bonchev–Trinajstić information content (AvgIpc) is 3.32. The van der Waals surface area contributed by atoms with E-state index in [0.717, 1.165) is 0 Å². The number of thiophene rings is 1. The minimum Gasteiger partial charge on any atom is -0.455 e. The number of carbonyl (C=O) groups is 2. The van der Waals surface area contributed by atoms with Crippen molar-refractivity contribution in [3.8, 4) is 0 Å². The Morgan fingerprint density at radius 1 is 1.41 bits per heavy atom. The van der Waals surface area contributed by atoms with E-state index >= 15 is 0 Å². The number of sulfonamides is 1. The minimum atomic E-state index is -3.51.